The standard InChI is InChI=1S/C16H28N2O4/c1-10-13(15(20)21)18(14(10)19)16(22)17-11(2)12-8-6-4-3-5-7-9-12/h10-13,15,20-21H,3-9H2,1-2H3,(H,17,22)/t10?,11?,13-/m0/s1. The third-order valence-electron chi connectivity index (χ3n) is 5.17. The molecule has 3 atom stereocenters. The van der Waals surface area contributed by atoms with Crippen LogP contribution in [-0.2, 0) is 4.79 Å². The van der Waals surface area contributed by atoms with Crippen LogP contribution in [0.15, 0.2) is 0 Å². The number of nitrogens with zero attached hydrogens (tertiary/aromatic N) is 1. The molecule has 2 aliphatic rings. The molecule has 0 aromatic carbocycles. The minimum atomic E-state index is -1.69. The third kappa shape index (κ3) is 3.60. The van der Waals surface area contributed by atoms with E-state index in [2.05, 4.69) is 5.32 Å². The van der Waals surface area contributed by atoms with Crippen molar-refractivity contribution in [2.75, 3.05) is 0 Å². The number of aliphatic hydroxyl groups is 2. The second kappa shape index (κ2) is 7.42. The highest BCUT2D eigenvalue weighted by atomic mass is 16.5. The van der Waals surface area contributed by atoms with Gasteiger partial charge in [-0.25, -0.2) is 4.79 Å². The van der Waals surface area contributed by atoms with E-state index in [4.69, 9.17) is 0 Å². The minimum absolute atomic E-state index is 0.00853. The zero-order valence-electron chi connectivity index (χ0n) is 13.5. The molecule has 2 fully saturated rings. The Balaban J connectivity index is 1.91. The Bertz CT molecular complexity index is 405. The first-order chi connectivity index (χ1) is 10.4. The van der Waals surface area contributed by atoms with Crippen molar-refractivity contribution in [1.82, 2.24) is 10.2 Å². The molecule has 6 nitrogen and oxygen atoms in total. The lowest BCUT2D eigenvalue weighted by Gasteiger charge is -2.45. The zero-order valence-corrected chi connectivity index (χ0v) is 13.5. The highest BCUT2D eigenvalue weighted by Gasteiger charge is 2.51. The Kier molecular flexibility index (Phi) is 5.81. The van der Waals surface area contributed by atoms with Crippen LogP contribution in [0.4, 0.5) is 4.79 Å². The number of amides is 3. The largest absolute Gasteiger partial charge is 0.366 e. The molecule has 22 heavy (non-hydrogen) atoms. The van der Waals surface area contributed by atoms with E-state index in [0.29, 0.717) is 5.92 Å². The van der Waals surface area contributed by atoms with E-state index in [-0.39, 0.29) is 11.9 Å². The van der Waals surface area contributed by atoms with Gasteiger partial charge in [-0.15, -0.1) is 0 Å². The van der Waals surface area contributed by atoms with Gasteiger partial charge in [-0.2, -0.15) is 0 Å². The summed E-state index contributed by atoms with van der Waals surface area (Å²) in [6.45, 7) is 3.58. The summed E-state index contributed by atoms with van der Waals surface area (Å²) in [5, 5.41) is 21.5. The van der Waals surface area contributed by atoms with Crippen molar-refractivity contribution in [1.29, 1.82) is 0 Å². The van der Waals surface area contributed by atoms with Crippen molar-refractivity contribution < 1.29 is 19.8 Å². The maximum Gasteiger partial charge on any atom is 0.324 e. The second-order valence-corrected chi connectivity index (χ2v) is 6.74. The zero-order chi connectivity index (χ0) is 16.3. The molecule has 1 saturated carbocycles. The number of imide groups is 1. The molecule has 1 heterocycles. The summed E-state index contributed by atoms with van der Waals surface area (Å²) < 4.78 is 0. The Morgan fingerprint density at radius 2 is 1.73 bits per heavy atom. The summed E-state index contributed by atoms with van der Waals surface area (Å²) in [5.74, 6) is -0.446. The van der Waals surface area contributed by atoms with Crippen LogP contribution in [0.25, 0.3) is 0 Å². The van der Waals surface area contributed by atoms with E-state index >= 15 is 0 Å². The molecule has 0 aromatic rings. The van der Waals surface area contributed by atoms with Crippen molar-refractivity contribution in [3.8, 4) is 0 Å². The molecule has 0 radical (unpaired) electrons. The average molecular weight is 312 g/mol. The summed E-state index contributed by atoms with van der Waals surface area (Å²) in [4.78, 5) is 25.0. The number of β-lactam (4-membered cyclic amide) rings is 1. The van der Waals surface area contributed by atoms with Crippen LogP contribution in [0, 0.1) is 11.8 Å². The van der Waals surface area contributed by atoms with Gasteiger partial charge in [0.05, 0.1) is 5.92 Å². The van der Waals surface area contributed by atoms with Crippen LogP contribution >= 0.6 is 0 Å². The Labute approximate surface area is 131 Å². The number of rotatable bonds is 3. The smallest absolute Gasteiger partial charge is 0.324 e. The molecule has 0 aromatic heterocycles. The number of aliphatic hydroxyl groups excluding tert-OH is 1. The Morgan fingerprint density at radius 3 is 2.27 bits per heavy atom. The normalized spacial score (nSPS) is 28.8. The van der Waals surface area contributed by atoms with Crippen LogP contribution in [0.3, 0.4) is 0 Å². The molecular weight excluding hydrogens is 284 g/mol. The van der Waals surface area contributed by atoms with Crippen LogP contribution in [0.2, 0.25) is 0 Å². The average Bonchev–Trinajstić information content (AvgIpc) is 2.42. The summed E-state index contributed by atoms with van der Waals surface area (Å²) >= 11 is 0. The quantitative estimate of drug-likeness (QED) is 0.545. The Hall–Kier alpha value is -1.14. The molecule has 1 aliphatic heterocycles. The van der Waals surface area contributed by atoms with E-state index in [1.807, 2.05) is 6.92 Å². The van der Waals surface area contributed by atoms with E-state index in [1.54, 1.807) is 6.92 Å². The lowest BCUT2D eigenvalue weighted by Crippen LogP contribution is -2.69. The van der Waals surface area contributed by atoms with Gasteiger partial charge < -0.3 is 15.5 Å². The van der Waals surface area contributed by atoms with E-state index in [9.17, 15) is 19.8 Å². The Morgan fingerprint density at radius 1 is 1.18 bits per heavy atom. The third-order valence-corrected chi connectivity index (χ3v) is 5.17. The molecule has 2 rings (SSSR count). The second-order valence-electron chi connectivity index (χ2n) is 6.74. The molecule has 2 unspecified atom stereocenters. The predicted molar refractivity (Wildman–Crippen MR) is 81.8 cm³/mol. The van der Waals surface area contributed by atoms with Gasteiger partial charge >= 0.3 is 6.03 Å². The van der Waals surface area contributed by atoms with Crippen molar-refractivity contribution in [3.63, 3.8) is 0 Å². The van der Waals surface area contributed by atoms with E-state index < -0.39 is 24.3 Å². The molecule has 1 saturated heterocycles. The summed E-state index contributed by atoms with van der Waals surface area (Å²) in [5.41, 5.74) is 0. The maximum atomic E-state index is 12.3. The number of likely N-dealkylation sites (tertiary alicyclic amines) is 1. The van der Waals surface area contributed by atoms with Crippen LogP contribution in [0.5, 0.6) is 0 Å². The molecular formula is C16H28N2O4. The first kappa shape index (κ1) is 17.2. The number of urea groups is 1. The first-order valence-corrected chi connectivity index (χ1v) is 8.43. The van der Waals surface area contributed by atoms with Gasteiger partial charge in [0.15, 0.2) is 6.29 Å². The van der Waals surface area contributed by atoms with Crippen LogP contribution in [0.1, 0.15) is 58.8 Å². The lowest BCUT2D eigenvalue weighted by atomic mass is 9.86. The van der Waals surface area contributed by atoms with Gasteiger partial charge in [0.1, 0.15) is 6.04 Å². The molecule has 3 amide bonds. The maximum absolute atomic E-state index is 12.3. The molecule has 126 valence electrons. The molecule has 0 spiro atoms. The van der Waals surface area contributed by atoms with Crippen molar-refractivity contribution in [3.05, 3.63) is 0 Å². The van der Waals surface area contributed by atoms with Gasteiger partial charge in [0.2, 0.25) is 5.91 Å². The van der Waals surface area contributed by atoms with Gasteiger partial charge in [-0.3, -0.25) is 9.69 Å². The highest BCUT2D eigenvalue weighted by Crippen LogP contribution is 2.29. The first-order valence-electron chi connectivity index (χ1n) is 8.43. The van der Waals surface area contributed by atoms with Crippen molar-refractivity contribution in [2.45, 2.75) is 77.2 Å². The van der Waals surface area contributed by atoms with Crippen molar-refractivity contribution in [2.24, 2.45) is 11.8 Å². The SMILES string of the molecule is CC(NC(=O)N1C(=O)C(C)[C@H]1C(O)O)C1CCCCCCC1. The van der Waals surface area contributed by atoms with Crippen LogP contribution < -0.4 is 5.32 Å². The molecule has 1 aliphatic carbocycles. The fourth-order valence-electron chi connectivity index (χ4n) is 3.65. The summed E-state index contributed by atoms with van der Waals surface area (Å²) in [7, 11) is 0. The number of hydrogen-bond donors (Lipinski definition) is 3. The fraction of sp³-hybridized carbons (Fsp3) is 0.875. The highest BCUT2D eigenvalue weighted by molar-refractivity contribution is 6.01. The number of nitrogens with one attached hydrogen (secondary N) is 1. The van der Waals surface area contributed by atoms with Gasteiger partial charge in [0.25, 0.3) is 0 Å². The van der Waals surface area contributed by atoms with Crippen LogP contribution in [-0.4, -0.2) is 45.4 Å². The number of hydrogen-bond acceptors (Lipinski definition) is 4. The predicted octanol–water partition coefficient (Wildman–Crippen LogP) is 1.60. The topological polar surface area (TPSA) is 89.9 Å². The molecule has 0 bridgehead atoms. The van der Waals surface area contributed by atoms with E-state index in [1.165, 1.54) is 32.1 Å². The lowest BCUT2D eigenvalue weighted by molar-refractivity contribution is -0.176. The van der Waals surface area contributed by atoms with E-state index in [0.717, 1.165) is 17.7 Å². The monoisotopic (exact) mass is 312 g/mol. The van der Waals surface area contributed by atoms with Gasteiger partial charge in [-0.1, -0.05) is 39.0 Å². The fourth-order valence-corrected chi connectivity index (χ4v) is 3.65. The number of carbonyl (C=O) groups is 2. The summed E-state index contributed by atoms with van der Waals surface area (Å²) in [6.07, 6.45) is 6.66. The summed E-state index contributed by atoms with van der Waals surface area (Å²) in [6, 6.07) is -1.35. The van der Waals surface area contributed by atoms with Gasteiger partial charge in [0, 0.05) is 6.04 Å². The molecule has 3 N–H and O–H groups in total. The van der Waals surface area contributed by atoms with Gasteiger partial charge in [-0.05, 0) is 25.7 Å². The minimum Gasteiger partial charge on any atom is -0.366 e. The molecule has 6 heteroatoms. The number of carbonyl (C=O) groups excluding carboxylic acids is 2. The van der Waals surface area contributed by atoms with Crippen molar-refractivity contribution >= 4 is 11.9 Å².